The third-order valence-electron chi connectivity index (χ3n) is 4.83. The van der Waals surface area contributed by atoms with Crippen molar-refractivity contribution < 1.29 is 24.9 Å². The van der Waals surface area contributed by atoms with E-state index in [0.717, 1.165) is 0 Å². The predicted molar refractivity (Wildman–Crippen MR) is 98.2 cm³/mol. The molecule has 0 saturated carbocycles. The summed E-state index contributed by atoms with van der Waals surface area (Å²) >= 11 is 0. The number of carbonyl (C=O) groups excluding carboxylic acids is 1. The first-order valence-corrected chi connectivity index (χ1v) is 8.64. The fourth-order valence-electron chi connectivity index (χ4n) is 3.32. The Hall–Kier alpha value is -2.92. The predicted octanol–water partition coefficient (Wildman–Crippen LogP) is -0.110. The molecule has 0 aliphatic carbocycles. The van der Waals surface area contributed by atoms with Gasteiger partial charge in [0.25, 0.3) is 0 Å². The molecule has 0 radical (unpaired) electrons. The number of aromatic nitrogens is 4. The van der Waals surface area contributed by atoms with Crippen molar-refractivity contribution in [3.8, 4) is 11.4 Å². The Balaban J connectivity index is 1.90. The molecule has 1 aliphatic heterocycles. The lowest BCUT2D eigenvalue weighted by Gasteiger charge is -2.19. The monoisotopic (exact) mass is 385 g/mol. The molecule has 28 heavy (non-hydrogen) atoms. The number of benzene rings is 1. The smallest absolute Gasteiger partial charge is 0.168 e. The number of nitrogen functional groups attached to an aromatic ring is 1. The number of carbonyl (C=O) groups is 1. The van der Waals surface area contributed by atoms with Crippen LogP contribution in [-0.2, 0) is 4.74 Å². The number of nitrogens with zero attached hydrogens (tertiary/aromatic N) is 4. The van der Waals surface area contributed by atoms with Gasteiger partial charge in [0, 0.05) is 11.1 Å². The molecule has 146 valence electrons. The van der Waals surface area contributed by atoms with Crippen LogP contribution < -0.4 is 5.73 Å². The van der Waals surface area contributed by atoms with Gasteiger partial charge < -0.3 is 25.8 Å². The molecule has 4 atom stereocenters. The zero-order chi connectivity index (χ0) is 20.0. The zero-order valence-corrected chi connectivity index (χ0v) is 14.9. The van der Waals surface area contributed by atoms with Crippen LogP contribution in [0.5, 0.6) is 0 Å². The number of rotatable bonds is 4. The zero-order valence-electron chi connectivity index (χ0n) is 14.9. The van der Waals surface area contributed by atoms with Crippen LogP contribution in [0.25, 0.3) is 22.6 Å². The van der Waals surface area contributed by atoms with E-state index in [1.807, 2.05) is 0 Å². The molecule has 0 amide bonds. The van der Waals surface area contributed by atoms with Gasteiger partial charge in [-0.05, 0) is 6.92 Å². The first-order chi connectivity index (χ1) is 13.4. The molecule has 1 aromatic carbocycles. The second-order valence-corrected chi connectivity index (χ2v) is 6.60. The third-order valence-corrected chi connectivity index (χ3v) is 4.83. The first-order valence-electron chi connectivity index (χ1n) is 8.64. The molecule has 0 bridgehead atoms. The van der Waals surface area contributed by atoms with E-state index in [1.54, 1.807) is 24.3 Å². The van der Waals surface area contributed by atoms with Crippen LogP contribution in [0.2, 0.25) is 0 Å². The number of hydrogen-bond acceptors (Lipinski definition) is 9. The molecule has 10 heteroatoms. The highest BCUT2D eigenvalue weighted by Gasteiger charge is 2.45. The van der Waals surface area contributed by atoms with Crippen molar-refractivity contribution in [2.75, 3.05) is 12.3 Å². The Morgan fingerprint density at radius 3 is 2.54 bits per heavy atom. The number of ketones is 1. The van der Waals surface area contributed by atoms with Gasteiger partial charge in [-0.1, -0.05) is 24.3 Å². The van der Waals surface area contributed by atoms with E-state index >= 15 is 0 Å². The molecule has 5 N–H and O–H groups in total. The highest BCUT2D eigenvalue weighted by atomic mass is 16.6. The van der Waals surface area contributed by atoms with Crippen LogP contribution in [0.4, 0.5) is 5.82 Å². The molecule has 3 heterocycles. The van der Waals surface area contributed by atoms with E-state index < -0.39 is 31.1 Å². The van der Waals surface area contributed by atoms with Crippen molar-refractivity contribution in [2.45, 2.75) is 31.5 Å². The molecule has 10 nitrogen and oxygen atoms in total. The average Bonchev–Trinajstić information content (AvgIpc) is 3.21. The van der Waals surface area contributed by atoms with Gasteiger partial charge in [0.05, 0.1) is 6.61 Å². The van der Waals surface area contributed by atoms with Gasteiger partial charge >= 0.3 is 0 Å². The molecule has 4 rings (SSSR count). The van der Waals surface area contributed by atoms with E-state index in [9.17, 15) is 20.1 Å². The Morgan fingerprint density at radius 1 is 1.21 bits per heavy atom. The van der Waals surface area contributed by atoms with Gasteiger partial charge in [0.2, 0.25) is 0 Å². The van der Waals surface area contributed by atoms with E-state index in [-0.39, 0.29) is 11.6 Å². The summed E-state index contributed by atoms with van der Waals surface area (Å²) in [6, 6.07) is 6.74. The maximum Gasteiger partial charge on any atom is 0.168 e. The highest BCUT2D eigenvalue weighted by molar-refractivity contribution is 5.94. The summed E-state index contributed by atoms with van der Waals surface area (Å²) in [5.41, 5.74) is 7.72. The highest BCUT2D eigenvalue weighted by Crippen LogP contribution is 2.36. The molecule has 0 spiro atoms. The van der Waals surface area contributed by atoms with Gasteiger partial charge in [0.1, 0.15) is 30.5 Å². The lowest BCUT2D eigenvalue weighted by Crippen LogP contribution is -2.33. The number of Topliss-reactive ketones (excluding diaryl/α,β-unsaturated/α-hetero) is 1. The van der Waals surface area contributed by atoms with E-state index in [4.69, 9.17) is 10.5 Å². The fraction of sp³-hybridized carbons (Fsp3) is 0.333. The second-order valence-electron chi connectivity index (χ2n) is 6.60. The Bertz CT molecular complexity index is 1030. The summed E-state index contributed by atoms with van der Waals surface area (Å²) in [7, 11) is 0. The lowest BCUT2D eigenvalue weighted by molar-refractivity contribution is -0.0503. The maximum atomic E-state index is 11.5. The number of imidazole rings is 1. The lowest BCUT2D eigenvalue weighted by atomic mass is 10.1. The Morgan fingerprint density at radius 2 is 1.93 bits per heavy atom. The van der Waals surface area contributed by atoms with Crippen molar-refractivity contribution in [2.24, 2.45) is 0 Å². The molecule has 1 fully saturated rings. The number of hydrogen-bond donors (Lipinski definition) is 4. The van der Waals surface area contributed by atoms with Crippen molar-refractivity contribution in [3.05, 3.63) is 36.2 Å². The number of aliphatic hydroxyl groups is 3. The van der Waals surface area contributed by atoms with Gasteiger partial charge in [-0.2, -0.15) is 0 Å². The van der Waals surface area contributed by atoms with Gasteiger partial charge in [-0.15, -0.1) is 0 Å². The van der Waals surface area contributed by atoms with E-state index in [0.29, 0.717) is 28.1 Å². The SMILES string of the molecule is CC(=O)c1ccc(-c2nc3c(N)ncnc3n2C2OC(CO)C(O)C2O)cc1. The third kappa shape index (κ3) is 2.83. The number of aliphatic hydroxyl groups excluding tert-OH is 3. The molecule has 1 saturated heterocycles. The maximum absolute atomic E-state index is 11.5. The minimum absolute atomic E-state index is 0.0707. The molecular formula is C18H19N5O5. The Labute approximate surface area is 159 Å². The van der Waals surface area contributed by atoms with Crippen LogP contribution in [0, 0.1) is 0 Å². The number of ether oxygens (including phenoxy) is 1. The largest absolute Gasteiger partial charge is 0.394 e. The van der Waals surface area contributed by atoms with Crippen LogP contribution in [-0.4, -0.2) is 65.5 Å². The van der Waals surface area contributed by atoms with Crippen molar-refractivity contribution in [3.63, 3.8) is 0 Å². The second kappa shape index (κ2) is 6.91. The topological polar surface area (TPSA) is 157 Å². The summed E-state index contributed by atoms with van der Waals surface area (Å²) < 4.78 is 7.18. The summed E-state index contributed by atoms with van der Waals surface area (Å²) in [6.45, 7) is 1.01. The van der Waals surface area contributed by atoms with Crippen molar-refractivity contribution in [1.29, 1.82) is 0 Å². The molecule has 4 unspecified atom stereocenters. The van der Waals surface area contributed by atoms with Crippen LogP contribution in [0.15, 0.2) is 30.6 Å². The van der Waals surface area contributed by atoms with Crippen molar-refractivity contribution >= 4 is 22.8 Å². The average molecular weight is 385 g/mol. The molecule has 3 aromatic rings. The quantitative estimate of drug-likeness (QED) is 0.450. The molecule has 1 aliphatic rings. The standard InChI is InChI=1S/C18H19N5O5/c1-8(25)9-2-4-10(5-3-9)16-22-12-15(19)20-7-21-17(12)23(16)18-14(27)13(26)11(6-24)28-18/h2-5,7,11,13-14,18,24,26-27H,6H2,1H3,(H2,19,20,21). The summed E-state index contributed by atoms with van der Waals surface area (Å²) in [4.78, 5) is 24.2. The Kier molecular flexibility index (Phi) is 4.55. The fourth-order valence-corrected chi connectivity index (χ4v) is 3.32. The molecular weight excluding hydrogens is 366 g/mol. The van der Waals surface area contributed by atoms with Crippen LogP contribution in [0.3, 0.4) is 0 Å². The van der Waals surface area contributed by atoms with Crippen LogP contribution >= 0.6 is 0 Å². The van der Waals surface area contributed by atoms with E-state index in [2.05, 4.69) is 15.0 Å². The minimum Gasteiger partial charge on any atom is -0.394 e. The first kappa shape index (κ1) is 18.4. The summed E-state index contributed by atoms with van der Waals surface area (Å²) in [5.74, 6) is 0.447. The number of anilines is 1. The van der Waals surface area contributed by atoms with Crippen LogP contribution in [0.1, 0.15) is 23.5 Å². The van der Waals surface area contributed by atoms with Gasteiger partial charge in [0.15, 0.2) is 29.0 Å². The van der Waals surface area contributed by atoms with Gasteiger partial charge in [-0.3, -0.25) is 9.36 Å². The summed E-state index contributed by atoms with van der Waals surface area (Å²) in [6.07, 6.45) is -3.33. The minimum atomic E-state index is -1.32. The van der Waals surface area contributed by atoms with Crippen molar-refractivity contribution in [1.82, 2.24) is 19.5 Å². The van der Waals surface area contributed by atoms with E-state index in [1.165, 1.54) is 17.8 Å². The molecule has 2 aromatic heterocycles. The summed E-state index contributed by atoms with van der Waals surface area (Å²) in [5, 5.41) is 30.0. The van der Waals surface area contributed by atoms with Gasteiger partial charge in [-0.25, -0.2) is 15.0 Å². The normalized spacial score (nSPS) is 24.7. The number of fused-ring (bicyclic) bond motifs is 1. The number of nitrogens with two attached hydrogens (primary N) is 1.